The molecule has 0 unspecified atom stereocenters. The Morgan fingerprint density at radius 3 is 2.31 bits per heavy atom. The van der Waals surface area contributed by atoms with E-state index in [-0.39, 0.29) is 17.9 Å². The summed E-state index contributed by atoms with van der Waals surface area (Å²) in [4.78, 5) is 25.9. The van der Waals surface area contributed by atoms with Gasteiger partial charge in [-0.25, -0.2) is 4.79 Å². The van der Waals surface area contributed by atoms with Gasteiger partial charge in [-0.15, -0.1) is 0 Å². The summed E-state index contributed by atoms with van der Waals surface area (Å²) in [6, 6.07) is 29.0. The Morgan fingerprint density at radius 1 is 0.897 bits per heavy atom. The number of hydrogen-bond acceptors (Lipinski definition) is 6. The van der Waals surface area contributed by atoms with E-state index in [1.165, 1.54) is 12.3 Å². The number of carbonyl (C=O) groups excluding carboxylic acids is 2. The van der Waals surface area contributed by atoms with Crippen molar-refractivity contribution >= 4 is 29.6 Å². The van der Waals surface area contributed by atoms with Crippen molar-refractivity contribution in [1.29, 1.82) is 5.26 Å². The van der Waals surface area contributed by atoms with E-state index >= 15 is 0 Å². The highest BCUT2D eigenvalue weighted by Crippen LogP contribution is 2.31. The van der Waals surface area contributed by atoms with Crippen LogP contribution in [0.5, 0.6) is 11.5 Å². The third kappa shape index (κ3) is 7.34. The Balaban J connectivity index is 1.58. The van der Waals surface area contributed by atoms with Gasteiger partial charge in [0.15, 0.2) is 11.5 Å². The van der Waals surface area contributed by atoms with Crippen molar-refractivity contribution in [3.8, 4) is 17.6 Å². The predicted octanol–water partition coefficient (Wildman–Crippen LogP) is 6.05. The number of nitriles is 1. The average Bonchev–Trinajstić information content (AvgIpc) is 3.49. The normalized spacial score (nSPS) is 11.4. The first-order valence-electron chi connectivity index (χ1n) is 12.3. The van der Waals surface area contributed by atoms with Crippen LogP contribution in [0.4, 0.5) is 0 Å². The minimum atomic E-state index is -0.552. The lowest BCUT2D eigenvalue weighted by Crippen LogP contribution is -2.23. The summed E-state index contributed by atoms with van der Waals surface area (Å²) < 4.78 is 16.7. The van der Waals surface area contributed by atoms with Crippen LogP contribution >= 0.6 is 0 Å². The summed E-state index contributed by atoms with van der Waals surface area (Å²) in [5, 5.41) is 12.2. The molecule has 0 aliphatic rings. The maximum Gasteiger partial charge on any atom is 0.344 e. The average molecular weight is 519 g/mol. The number of furan rings is 1. The van der Waals surface area contributed by atoms with E-state index in [1.54, 1.807) is 36.4 Å². The van der Waals surface area contributed by atoms with Crippen LogP contribution in [-0.4, -0.2) is 18.5 Å². The first kappa shape index (κ1) is 26.7. The quantitative estimate of drug-likeness (QED) is 0.0902. The molecule has 7 nitrogen and oxygen atoms in total. The summed E-state index contributed by atoms with van der Waals surface area (Å²) >= 11 is 0. The molecule has 3 aromatic carbocycles. The first-order valence-corrected chi connectivity index (χ1v) is 12.3. The maximum atomic E-state index is 13.4. The number of carbonyl (C=O) groups is 2. The number of rotatable bonds is 10. The Bertz CT molecular complexity index is 1520. The lowest BCUT2D eigenvalue weighted by Gasteiger charge is -2.13. The third-order valence-electron chi connectivity index (χ3n) is 5.56. The smallest absolute Gasteiger partial charge is 0.344 e. The molecular weight excluding hydrogens is 492 g/mol. The number of hydrogen-bond donors (Lipinski definition) is 1. The Labute approximate surface area is 226 Å². The van der Waals surface area contributed by atoms with Crippen LogP contribution in [-0.2, 0) is 16.1 Å². The molecule has 0 radical (unpaired) electrons. The summed E-state index contributed by atoms with van der Waals surface area (Å²) in [6.45, 7) is 2.28. The first-order chi connectivity index (χ1) is 19.1. The van der Waals surface area contributed by atoms with Crippen LogP contribution in [0.1, 0.15) is 29.4 Å². The second-order valence-corrected chi connectivity index (χ2v) is 8.30. The third-order valence-corrected chi connectivity index (χ3v) is 5.56. The highest BCUT2D eigenvalue weighted by atomic mass is 16.6. The fourth-order valence-corrected chi connectivity index (χ4v) is 3.71. The van der Waals surface area contributed by atoms with E-state index in [4.69, 9.17) is 13.9 Å². The number of amides is 1. The largest absolute Gasteiger partial charge is 0.490 e. The molecule has 1 amide bonds. The number of benzene rings is 3. The van der Waals surface area contributed by atoms with Crippen LogP contribution in [0.25, 0.3) is 17.7 Å². The highest BCUT2D eigenvalue weighted by Gasteiger charge is 2.18. The minimum absolute atomic E-state index is 0.0918. The Kier molecular flexibility index (Phi) is 9.09. The molecule has 0 bridgehead atoms. The van der Waals surface area contributed by atoms with Crippen LogP contribution < -0.4 is 14.8 Å². The number of esters is 1. The van der Waals surface area contributed by atoms with Crippen molar-refractivity contribution in [3.05, 3.63) is 125 Å². The number of ether oxygens (including phenoxy) is 2. The van der Waals surface area contributed by atoms with Gasteiger partial charge < -0.3 is 19.2 Å². The topological polar surface area (TPSA) is 102 Å². The molecule has 39 heavy (non-hydrogen) atoms. The van der Waals surface area contributed by atoms with Crippen LogP contribution in [0.3, 0.4) is 0 Å². The standard InChI is InChI=1S/C32H26N2O5/c1-2-37-30-20-24(18-26(21-33)31(35)34-22-27-14-9-17-38-27)15-16-29(30)39-32(36)28(25-12-7-4-8-13-25)19-23-10-5-3-6-11-23/h3-20H,2,22H2,1H3,(H,34,35)/b26-18+,28-19+. The van der Waals surface area contributed by atoms with Crippen LogP contribution in [0.15, 0.2) is 107 Å². The predicted molar refractivity (Wildman–Crippen MR) is 148 cm³/mol. The molecule has 194 valence electrons. The zero-order chi connectivity index (χ0) is 27.5. The van der Waals surface area contributed by atoms with Crippen molar-refractivity contribution < 1.29 is 23.5 Å². The second kappa shape index (κ2) is 13.3. The fraction of sp³-hybridized carbons (Fsp3) is 0.0938. The van der Waals surface area contributed by atoms with Gasteiger partial charge in [0.25, 0.3) is 5.91 Å². The zero-order valence-corrected chi connectivity index (χ0v) is 21.3. The fourth-order valence-electron chi connectivity index (χ4n) is 3.71. The van der Waals surface area contributed by atoms with Crippen molar-refractivity contribution in [2.24, 2.45) is 0 Å². The monoisotopic (exact) mass is 518 g/mol. The van der Waals surface area contributed by atoms with Crippen molar-refractivity contribution in [1.82, 2.24) is 5.32 Å². The summed E-state index contributed by atoms with van der Waals surface area (Å²) in [5.74, 6) is 0.00142. The van der Waals surface area contributed by atoms with Crippen LogP contribution in [0.2, 0.25) is 0 Å². The SMILES string of the molecule is CCOc1cc(/C=C(\C#N)C(=O)NCc2ccco2)ccc1OC(=O)/C(=C/c1ccccc1)c1ccccc1. The Morgan fingerprint density at radius 2 is 1.64 bits per heavy atom. The van der Waals surface area contributed by atoms with Crippen LogP contribution in [0, 0.1) is 11.3 Å². The van der Waals surface area contributed by atoms with Gasteiger partial charge in [-0.3, -0.25) is 4.79 Å². The molecule has 0 fully saturated rings. The molecule has 4 rings (SSSR count). The van der Waals surface area contributed by atoms with E-state index < -0.39 is 11.9 Å². The zero-order valence-electron chi connectivity index (χ0n) is 21.3. The molecule has 0 atom stereocenters. The molecule has 0 saturated heterocycles. The molecule has 0 aliphatic carbocycles. The molecular formula is C32H26N2O5. The van der Waals surface area contributed by atoms with Gasteiger partial charge in [0.05, 0.1) is 25.0 Å². The molecule has 4 aromatic rings. The lowest BCUT2D eigenvalue weighted by atomic mass is 10.0. The second-order valence-electron chi connectivity index (χ2n) is 8.30. The lowest BCUT2D eigenvalue weighted by molar-refractivity contribution is -0.128. The van der Waals surface area contributed by atoms with Gasteiger partial charge in [0.2, 0.25) is 0 Å². The molecule has 1 N–H and O–H groups in total. The molecule has 0 spiro atoms. The molecule has 7 heteroatoms. The van der Waals surface area contributed by atoms with Gasteiger partial charge in [0, 0.05) is 0 Å². The van der Waals surface area contributed by atoms with Gasteiger partial charge in [-0.2, -0.15) is 5.26 Å². The maximum absolute atomic E-state index is 13.4. The van der Waals surface area contributed by atoms with Gasteiger partial charge in [0.1, 0.15) is 17.4 Å². The van der Waals surface area contributed by atoms with Crippen molar-refractivity contribution in [2.75, 3.05) is 6.61 Å². The van der Waals surface area contributed by atoms with Gasteiger partial charge in [-0.05, 0) is 60.0 Å². The van der Waals surface area contributed by atoms with Crippen molar-refractivity contribution in [3.63, 3.8) is 0 Å². The van der Waals surface area contributed by atoms with E-state index in [2.05, 4.69) is 5.32 Å². The summed E-state index contributed by atoms with van der Waals surface area (Å²) in [6.07, 6.45) is 4.72. The van der Waals surface area contributed by atoms with Crippen molar-refractivity contribution in [2.45, 2.75) is 13.5 Å². The van der Waals surface area contributed by atoms with E-state index in [0.717, 1.165) is 5.56 Å². The van der Waals surface area contributed by atoms with E-state index in [0.29, 0.717) is 34.8 Å². The van der Waals surface area contributed by atoms with E-state index in [9.17, 15) is 14.9 Å². The molecule has 1 heterocycles. The van der Waals surface area contributed by atoms with Gasteiger partial charge in [-0.1, -0.05) is 66.7 Å². The summed E-state index contributed by atoms with van der Waals surface area (Å²) in [7, 11) is 0. The Hall–Kier alpha value is -5.35. The van der Waals surface area contributed by atoms with E-state index in [1.807, 2.05) is 73.7 Å². The minimum Gasteiger partial charge on any atom is -0.490 e. The summed E-state index contributed by atoms with van der Waals surface area (Å²) in [5.41, 5.74) is 2.39. The van der Waals surface area contributed by atoms with Gasteiger partial charge >= 0.3 is 5.97 Å². The highest BCUT2D eigenvalue weighted by molar-refractivity contribution is 6.22. The molecule has 0 aliphatic heterocycles. The molecule has 0 saturated carbocycles. The number of nitrogens with zero attached hydrogens (tertiary/aromatic N) is 1. The molecule has 1 aromatic heterocycles. The number of nitrogens with one attached hydrogen (secondary N) is 1.